The third-order valence-electron chi connectivity index (χ3n) is 5.46. The minimum absolute atomic E-state index is 0.0214. The summed E-state index contributed by atoms with van der Waals surface area (Å²) in [6.07, 6.45) is 1.71. The highest BCUT2D eigenvalue weighted by Crippen LogP contribution is 2.28. The van der Waals surface area contributed by atoms with Crippen LogP contribution in [0.2, 0.25) is 0 Å². The zero-order valence-electron chi connectivity index (χ0n) is 15.6. The van der Waals surface area contributed by atoms with E-state index in [1.54, 1.807) is 4.90 Å². The van der Waals surface area contributed by atoms with Gasteiger partial charge in [0.05, 0.1) is 12.6 Å². The number of fused-ring (bicyclic) bond motifs is 3. The van der Waals surface area contributed by atoms with Crippen LogP contribution in [0.3, 0.4) is 0 Å². The molecule has 27 heavy (non-hydrogen) atoms. The van der Waals surface area contributed by atoms with E-state index in [9.17, 15) is 4.79 Å². The lowest BCUT2D eigenvalue weighted by Gasteiger charge is -2.22. The maximum atomic E-state index is 12.5. The molecule has 1 saturated heterocycles. The number of hydrogen-bond acceptors (Lipinski definition) is 3. The molecule has 0 aliphatic carbocycles. The molecule has 3 aromatic rings. The van der Waals surface area contributed by atoms with Crippen molar-refractivity contribution in [3.63, 3.8) is 0 Å². The minimum Gasteiger partial charge on any atom is -0.339 e. The van der Waals surface area contributed by atoms with Gasteiger partial charge in [-0.25, -0.2) is 0 Å². The Morgan fingerprint density at radius 2 is 1.81 bits per heavy atom. The summed E-state index contributed by atoms with van der Waals surface area (Å²) in [5.41, 5.74) is 2.42. The van der Waals surface area contributed by atoms with Gasteiger partial charge in [0.15, 0.2) is 0 Å². The van der Waals surface area contributed by atoms with Crippen LogP contribution in [0.25, 0.3) is 21.8 Å². The van der Waals surface area contributed by atoms with Crippen LogP contribution in [0, 0.1) is 11.3 Å². The molecule has 1 aromatic heterocycles. The van der Waals surface area contributed by atoms with Gasteiger partial charge in [-0.2, -0.15) is 5.26 Å². The molecule has 1 aliphatic heterocycles. The van der Waals surface area contributed by atoms with Gasteiger partial charge in [0.2, 0.25) is 5.91 Å². The van der Waals surface area contributed by atoms with Crippen molar-refractivity contribution in [1.82, 2.24) is 14.8 Å². The van der Waals surface area contributed by atoms with Crippen molar-refractivity contribution in [3.8, 4) is 6.07 Å². The number of nitriles is 1. The smallest absolute Gasteiger partial charge is 0.237 e. The SMILES string of the molecule is C[C@@H](Cn1c2ccccc2c2ccccc21)NCC(=O)N1CCC[C@H]1C#N. The molecule has 0 unspecified atom stereocenters. The van der Waals surface area contributed by atoms with Gasteiger partial charge in [-0.05, 0) is 31.9 Å². The Morgan fingerprint density at radius 1 is 1.19 bits per heavy atom. The molecular weight excluding hydrogens is 336 g/mol. The van der Waals surface area contributed by atoms with E-state index >= 15 is 0 Å². The number of rotatable bonds is 5. The number of amides is 1. The summed E-state index contributed by atoms with van der Waals surface area (Å²) in [6.45, 7) is 3.85. The minimum atomic E-state index is -0.257. The first-order valence-electron chi connectivity index (χ1n) is 9.57. The molecular formula is C22H24N4O. The number of para-hydroxylation sites is 2. The Morgan fingerprint density at radius 3 is 2.44 bits per heavy atom. The van der Waals surface area contributed by atoms with Gasteiger partial charge >= 0.3 is 0 Å². The van der Waals surface area contributed by atoms with E-state index in [0.717, 1.165) is 19.4 Å². The normalized spacial score (nSPS) is 18.1. The van der Waals surface area contributed by atoms with Crippen LogP contribution in [0.15, 0.2) is 48.5 Å². The number of likely N-dealkylation sites (tertiary alicyclic amines) is 1. The maximum Gasteiger partial charge on any atom is 0.237 e. The molecule has 1 amide bonds. The predicted octanol–water partition coefficient (Wildman–Crippen LogP) is 3.29. The van der Waals surface area contributed by atoms with E-state index in [-0.39, 0.29) is 24.5 Å². The number of benzene rings is 2. The summed E-state index contributed by atoms with van der Waals surface area (Å²) in [5.74, 6) is 0.0214. The molecule has 138 valence electrons. The van der Waals surface area contributed by atoms with Crippen LogP contribution in [-0.2, 0) is 11.3 Å². The highest BCUT2D eigenvalue weighted by Gasteiger charge is 2.28. The molecule has 5 heteroatoms. The van der Waals surface area contributed by atoms with Crippen molar-refractivity contribution in [2.24, 2.45) is 0 Å². The van der Waals surface area contributed by atoms with Crippen LogP contribution in [0.4, 0.5) is 0 Å². The quantitative estimate of drug-likeness (QED) is 0.759. The molecule has 0 radical (unpaired) electrons. The molecule has 4 rings (SSSR count). The van der Waals surface area contributed by atoms with E-state index in [2.05, 4.69) is 71.4 Å². The zero-order valence-corrected chi connectivity index (χ0v) is 15.6. The zero-order chi connectivity index (χ0) is 18.8. The van der Waals surface area contributed by atoms with Crippen LogP contribution in [-0.4, -0.2) is 40.5 Å². The van der Waals surface area contributed by atoms with Crippen molar-refractivity contribution in [2.75, 3.05) is 13.1 Å². The molecule has 5 nitrogen and oxygen atoms in total. The molecule has 1 aliphatic rings. The van der Waals surface area contributed by atoms with Crippen molar-refractivity contribution < 1.29 is 4.79 Å². The van der Waals surface area contributed by atoms with Crippen LogP contribution in [0.1, 0.15) is 19.8 Å². The van der Waals surface area contributed by atoms with E-state index in [4.69, 9.17) is 5.26 Å². The van der Waals surface area contributed by atoms with Gasteiger partial charge < -0.3 is 14.8 Å². The van der Waals surface area contributed by atoms with Gasteiger partial charge in [0.25, 0.3) is 0 Å². The molecule has 1 fully saturated rings. The third-order valence-corrected chi connectivity index (χ3v) is 5.46. The van der Waals surface area contributed by atoms with E-state index in [1.807, 2.05) is 0 Å². The number of hydrogen-bond donors (Lipinski definition) is 1. The standard InChI is InChI=1S/C22H24N4O/c1-16(24-14-22(27)25-12-6-7-17(25)13-23)15-26-20-10-4-2-8-18(20)19-9-3-5-11-21(19)26/h2-5,8-11,16-17,24H,6-7,12,14-15H2,1H3/t16-,17-/m0/s1. The first kappa shape index (κ1) is 17.6. The summed E-state index contributed by atoms with van der Waals surface area (Å²) in [7, 11) is 0. The van der Waals surface area contributed by atoms with Gasteiger partial charge in [-0.15, -0.1) is 0 Å². The number of aromatic nitrogens is 1. The fraction of sp³-hybridized carbons (Fsp3) is 0.364. The molecule has 0 saturated carbocycles. The Balaban J connectivity index is 1.49. The third kappa shape index (κ3) is 3.29. The first-order chi connectivity index (χ1) is 13.2. The van der Waals surface area contributed by atoms with Crippen LogP contribution >= 0.6 is 0 Å². The van der Waals surface area contributed by atoms with Gasteiger partial charge in [-0.3, -0.25) is 4.79 Å². The van der Waals surface area contributed by atoms with E-state index in [1.165, 1.54) is 21.8 Å². The van der Waals surface area contributed by atoms with Gasteiger partial charge in [0.1, 0.15) is 6.04 Å². The fourth-order valence-electron chi connectivity index (χ4n) is 4.10. The Hall–Kier alpha value is -2.84. The fourth-order valence-corrected chi connectivity index (χ4v) is 4.10. The number of carbonyl (C=O) groups excluding carboxylic acids is 1. The topological polar surface area (TPSA) is 61.1 Å². The largest absolute Gasteiger partial charge is 0.339 e. The monoisotopic (exact) mass is 360 g/mol. The molecule has 2 heterocycles. The highest BCUT2D eigenvalue weighted by atomic mass is 16.2. The van der Waals surface area contributed by atoms with Crippen LogP contribution in [0.5, 0.6) is 0 Å². The lowest BCUT2D eigenvalue weighted by Crippen LogP contribution is -2.43. The summed E-state index contributed by atoms with van der Waals surface area (Å²) < 4.78 is 2.32. The second kappa shape index (κ2) is 7.42. The molecule has 0 bridgehead atoms. The average Bonchev–Trinajstić information content (AvgIpc) is 3.30. The lowest BCUT2D eigenvalue weighted by molar-refractivity contribution is -0.130. The van der Waals surface area contributed by atoms with E-state index < -0.39 is 0 Å². The molecule has 2 atom stereocenters. The van der Waals surface area contributed by atoms with Gasteiger partial charge in [0, 0.05) is 40.9 Å². The Kier molecular flexibility index (Phi) is 4.83. The van der Waals surface area contributed by atoms with E-state index in [0.29, 0.717) is 6.54 Å². The predicted molar refractivity (Wildman–Crippen MR) is 107 cm³/mol. The Bertz CT molecular complexity index is 963. The number of nitrogens with one attached hydrogen (secondary N) is 1. The average molecular weight is 360 g/mol. The number of nitrogens with zero attached hydrogens (tertiary/aromatic N) is 3. The van der Waals surface area contributed by atoms with Crippen LogP contribution < -0.4 is 5.32 Å². The summed E-state index contributed by atoms with van der Waals surface area (Å²) >= 11 is 0. The highest BCUT2D eigenvalue weighted by molar-refractivity contribution is 6.07. The summed E-state index contributed by atoms with van der Waals surface area (Å²) in [4.78, 5) is 14.2. The number of carbonyl (C=O) groups is 1. The second-order valence-electron chi connectivity index (χ2n) is 7.30. The molecule has 0 spiro atoms. The first-order valence-corrected chi connectivity index (χ1v) is 9.57. The summed E-state index contributed by atoms with van der Waals surface area (Å²) in [5, 5.41) is 15.0. The van der Waals surface area contributed by atoms with Crippen molar-refractivity contribution in [2.45, 2.75) is 38.4 Å². The van der Waals surface area contributed by atoms with Crippen molar-refractivity contribution in [3.05, 3.63) is 48.5 Å². The maximum absolute atomic E-state index is 12.5. The molecule has 2 aromatic carbocycles. The Labute approximate surface area is 159 Å². The van der Waals surface area contributed by atoms with Gasteiger partial charge in [-0.1, -0.05) is 36.4 Å². The molecule has 1 N–H and O–H groups in total. The lowest BCUT2D eigenvalue weighted by atomic mass is 10.2. The summed E-state index contributed by atoms with van der Waals surface area (Å²) in [6, 6.07) is 19.0. The second-order valence-corrected chi connectivity index (χ2v) is 7.30. The van der Waals surface area contributed by atoms with Crippen molar-refractivity contribution in [1.29, 1.82) is 5.26 Å². The van der Waals surface area contributed by atoms with Crippen molar-refractivity contribution >= 4 is 27.7 Å².